The van der Waals surface area contributed by atoms with E-state index in [2.05, 4.69) is 10.6 Å². The zero-order chi connectivity index (χ0) is 21.8. The number of methoxy groups -OCH3 is 1. The number of ether oxygens (including phenoxy) is 1. The molecular weight excluding hydrogens is 410 g/mol. The van der Waals surface area contributed by atoms with E-state index in [0.29, 0.717) is 10.8 Å². The third kappa shape index (κ3) is 4.13. The average molecular weight is 430 g/mol. The van der Waals surface area contributed by atoms with E-state index in [9.17, 15) is 19.2 Å². The van der Waals surface area contributed by atoms with E-state index in [-0.39, 0.29) is 29.8 Å². The van der Waals surface area contributed by atoms with Crippen molar-refractivity contribution >= 4 is 35.2 Å². The Morgan fingerprint density at radius 3 is 2.23 bits per heavy atom. The van der Waals surface area contributed by atoms with Gasteiger partial charge in [-0.15, -0.1) is 0 Å². The first-order valence-corrected chi connectivity index (χ1v) is 9.59. The summed E-state index contributed by atoms with van der Waals surface area (Å²) in [7, 11) is 1.45. The first kappa shape index (κ1) is 21.3. The Labute approximate surface area is 178 Å². The average Bonchev–Trinajstić information content (AvgIpc) is 3.00. The minimum atomic E-state index is -0.985. The van der Waals surface area contributed by atoms with Gasteiger partial charge in [0.25, 0.3) is 17.7 Å². The summed E-state index contributed by atoms with van der Waals surface area (Å²) in [6, 6.07) is 10.1. The standard InChI is InChI=1S/C21H20ClN3O5/c1-12(25-20(28)14-5-3-4-6-15(14)21(25)29)18(26)23-9-10-24-19(27)16-11-13(22)7-8-17(16)30-2/h3-8,11-12H,9-10H2,1-2H3,(H,23,26)(H,24,27). The largest absolute Gasteiger partial charge is 0.496 e. The zero-order valence-electron chi connectivity index (χ0n) is 16.4. The number of imide groups is 1. The third-order valence-corrected chi connectivity index (χ3v) is 4.94. The second-order valence-corrected chi connectivity index (χ2v) is 7.03. The highest BCUT2D eigenvalue weighted by atomic mass is 35.5. The molecule has 1 atom stereocenters. The van der Waals surface area contributed by atoms with Crippen molar-refractivity contribution in [3.8, 4) is 5.75 Å². The number of fused-ring (bicyclic) bond motifs is 1. The van der Waals surface area contributed by atoms with Gasteiger partial charge < -0.3 is 15.4 Å². The van der Waals surface area contributed by atoms with Gasteiger partial charge in [-0.05, 0) is 37.3 Å². The molecule has 3 rings (SSSR count). The van der Waals surface area contributed by atoms with Crippen molar-refractivity contribution < 1.29 is 23.9 Å². The lowest BCUT2D eigenvalue weighted by atomic mass is 10.1. The molecule has 0 bridgehead atoms. The predicted molar refractivity (Wildman–Crippen MR) is 110 cm³/mol. The molecule has 0 aromatic heterocycles. The van der Waals surface area contributed by atoms with Gasteiger partial charge in [0.05, 0.1) is 23.8 Å². The number of benzene rings is 2. The Balaban J connectivity index is 1.53. The van der Waals surface area contributed by atoms with Crippen molar-refractivity contribution in [1.82, 2.24) is 15.5 Å². The number of amides is 4. The topological polar surface area (TPSA) is 105 Å². The highest BCUT2D eigenvalue weighted by Gasteiger charge is 2.40. The Morgan fingerprint density at radius 2 is 1.63 bits per heavy atom. The third-order valence-electron chi connectivity index (χ3n) is 4.71. The number of hydrogen-bond acceptors (Lipinski definition) is 5. The summed E-state index contributed by atoms with van der Waals surface area (Å²) in [5.41, 5.74) is 0.838. The first-order chi connectivity index (χ1) is 14.3. The lowest BCUT2D eigenvalue weighted by Crippen LogP contribution is -2.49. The molecule has 8 nitrogen and oxygen atoms in total. The molecule has 0 aliphatic carbocycles. The van der Waals surface area contributed by atoms with Crippen LogP contribution in [0.15, 0.2) is 42.5 Å². The van der Waals surface area contributed by atoms with Gasteiger partial charge in [-0.1, -0.05) is 23.7 Å². The maximum absolute atomic E-state index is 12.5. The Kier molecular flexibility index (Phi) is 6.37. The zero-order valence-corrected chi connectivity index (χ0v) is 17.2. The van der Waals surface area contributed by atoms with Gasteiger partial charge in [0.2, 0.25) is 5.91 Å². The van der Waals surface area contributed by atoms with Gasteiger partial charge in [0, 0.05) is 18.1 Å². The summed E-state index contributed by atoms with van der Waals surface area (Å²) in [5.74, 6) is -1.53. The molecule has 1 heterocycles. The molecule has 0 saturated heterocycles. The molecule has 1 aliphatic heterocycles. The highest BCUT2D eigenvalue weighted by molar-refractivity contribution is 6.31. The van der Waals surface area contributed by atoms with Crippen molar-refractivity contribution in [3.63, 3.8) is 0 Å². The maximum atomic E-state index is 12.5. The quantitative estimate of drug-likeness (QED) is 0.516. The van der Waals surface area contributed by atoms with Crippen LogP contribution in [0.3, 0.4) is 0 Å². The van der Waals surface area contributed by atoms with Gasteiger partial charge in [-0.2, -0.15) is 0 Å². The summed E-state index contributed by atoms with van der Waals surface area (Å²) in [4.78, 5) is 50.6. The van der Waals surface area contributed by atoms with E-state index >= 15 is 0 Å². The van der Waals surface area contributed by atoms with Crippen LogP contribution in [-0.2, 0) is 4.79 Å². The predicted octanol–water partition coefficient (Wildman–Crippen LogP) is 1.88. The van der Waals surface area contributed by atoms with E-state index < -0.39 is 29.7 Å². The smallest absolute Gasteiger partial charge is 0.262 e. The van der Waals surface area contributed by atoms with Crippen LogP contribution < -0.4 is 15.4 Å². The van der Waals surface area contributed by atoms with E-state index in [1.165, 1.54) is 20.1 Å². The fraction of sp³-hybridized carbons (Fsp3) is 0.238. The van der Waals surface area contributed by atoms with Gasteiger partial charge in [0.15, 0.2) is 0 Å². The van der Waals surface area contributed by atoms with E-state index in [1.807, 2.05) is 0 Å². The summed E-state index contributed by atoms with van der Waals surface area (Å²) in [6.45, 7) is 1.72. The number of nitrogens with zero attached hydrogens (tertiary/aromatic N) is 1. The molecule has 4 amide bonds. The fourth-order valence-electron chi connectivity index (χ4n) is 3.14. The van der Waals surface area contributed by atoms with Crippen LogP contribution in [0.1, 0.15) is 38.0 Å². The van der Waals surface area contributed by atoms with Gasteiger partial charge in [0.1, 0.15) is 11.8 Å². The summed E-state index contributed by atoms with van der Waals surface area (Å²) in [5, 5.41) is 5.67. The minimum absolute atomic E-state index is 0.112. The summed E-state index contributed by atoms with van der Waals surface area (Å²) in [6.07, 6.45) is 0. The maximum Gasteiger partial charge on any atom is 0.262 e. The SMILES string of the molecule is COc1ccc(Cl)cc1C(=O)NCCNC(=O)C(C)N1C(=O)c2ccccc2C1=O. The molecule has 2 aromatic carbocycles. The lowest BCUT2D eigenvalue weighted by Gasteiger charge is -2.21. The molecule has 1 unspecified atom stereocenters. The summed E-state index contributed by atoms with van der Waals surface area (Å²) < 4.78 is 5.14. The van der Waals surface area contributed by atoms with Crippen molar-refractivity contribution in [1.29, 1.82) is 0 Å². The number of rotatable bonds is 7. The molecule has 0 saturated carbocycles. The van der Waals surface area contributed by atoms with E-state index in [0.717, 1.165) is 4.90 Å². The van der Waals surface area contributed by atoms with Crippen molar-refractivity contribution in [3.05, 3.63) is 64.2 Å². The number of halogens is 1. The molecule has 0 spiro atoms. The number of carbonyl (C=O) groups excluding carboxylic acids is 4. The van der Waals surface area contributed by atoms with Crippen LogP contribution in [0.4, 0.5) is 0 Å². The minimum Gasteiger partial charge on any atom is -0.496 e. The second kappa shape index (κ2) is 8.96. The molecule has 1 aliphatic rings. The molecule has 2 N–H and O–H groups in total. The van der Waals surface area contributed by atoms with Crippen LogP contribution in [0.25, 0.3) is 0 Å². The molecule has 156 valence electrons. The molecule has 9 heteroatoms. The van der Waals surface area contributed by atoms with Crippen LogP contribution in [0.5, 0.6) is 5.75 Å². The van der Waals surface area contributed by atoms with Crippen molar-refractivity contribution in [2.45, 2.75) is 13.0 Å². The van der Waals surface area contributed by atoms with Gasteiger partial charge in [-0.3, -0.25) is 24.1 Å². The van der Waals surface area contributed by atoms with Crippen LogP contribution in [-0.4, -0.2) is 54.8 Å². The molecule has 0 radical (unpaired) electrons. The normalized spacial score (nSPS) is 13.6. The van der Waals surface area contributed by atoms with E-state index in [4.69, 9.17) is 16.3 Å². The van der Waals surface area contributed by atoms with Crippen LogP contribution in [0, 0.1) is 0 Å². The van der Waals surface area contributed by atoms with Crippen molar-refractivity contribution in [2.24, 2.45) is 0 Å². The number of nitrogens with one attached hydrogen (secondary N) is 2. The molecule has 30 heavy (non-hydrogen) atoms. The van der Waals surface area contributed by atoms with Crippen LogP contribution >= 0.6 is 11.6 Å². The monoisotopic (exact) mass is 429 g/mol. The lowest BCUT2D eigenvalue weighted by molar-refractivity contribution is -0.124. The summed E-state index contributed by atoms with van der Waals surface area (Å²) >= 11 is 5.92. The molecular formula is C21H20ClN3O5. The number of hydrogen-bond donors (Lipinski definition) is 2. The molecule has 2 aromatic rings. The highest BCUT2D eigenvalue weighted by Crippen LogP contribution is 2.24. The Morgan fingerprint density at radius 1 is 1.03 bits per heavy atom. The van der Waals surface area contributed by atoms with Crippen LogP contribution in [0.2, 0.25) is 5.02 Å². The van der Waals surface area contributed by atoms with Crippen molar-refractivity contribution in [2.75, 3.05) is 20.2 Å². The Hall–Kier alpha value is -3.39. The van der Waals surface area contributed by atoms with E-state index in [1.54, 1.807) is 36.4 Å². The molecule has 0 fully saturated rings. The van der Waals surface area contributed by atoms with Gasteiger partial charge in [-0.25, -0.2) is 0 Å². The Bertz CT molecular complexity index is 988. The number of carbonyl (C=O) groups is 4. The first-order valence-electron chi connectivity index (χ1n) is 9.21. The van der Waals surface area contributed by atoms with Gasteiger partial charge >= 0.3 is 0 Å². The fourth-order valence-corrected chi connectivity index (χ4v) is 3.31. The second-order valence-electron chi connectivity index (χ2n) is 6.59.